The first-order chi connectivity index (χ1) is 12.4. The molecule has 0 aliphatic heterocycles. The Kier molecular flexibility index (Phi) is 4.44. The molecule has 0 N–H and O–H groups in total. The van der Waals surface area contributed by atoms with Gasteiger partial charge in [-0.25, -0.2) is 4.79 Å². The molecular formula is C22H32O4. The summed E-state index contributed by atoms with van der Waals surface area (Å²) in [7, 11) is 1.40. The number of carbonyl (C=O) groups excluding carboxylic acids is 2. The maximum Gasteiger partial charge on any atom is 0.508 e. The summed E-state index contributed by atoms with van der Waals surface area (Å²) in [6.07, 6.45) is 10.9. The van der Waals surface area contributed by atoms with Crippen molar-refractivity contribution in [1.29, 1.82) is 0 Å². The molecule has 0 aromatic carbocycles. The summed E-state index contributed by atoms with van der Waals surface area (Å²) in [4.78, 5) is 23.8. The molecule has 26 heavy (non-hydrogen) atoms. The fraction of sp³-hybridized carbons (Fsp3) is 0.818. The minimum Gasteiger partial charge on any atom is -0.438 e. The number of methoxy groups -OCH3 is 1. The summed E-state index contributed by atoms with van der Waals surface area (Å²) in [5, 5.41) is 0. The molecule has 0 amide bonds. The molecule has 4 unspecified atom stereocenters. The van der Waals surface area contributed by atoms with Gasteiger partial charge in [-0.2, -0.15) is 0 Å². The normalized spacial score (nSPS) is 44.4. The molecule has 0 bridgehead atoms. The highest BCUT2D eigenvalue weighted by molar-refractivity contribution is 5.91. The Bertz CT molecular complexity index is 638. The quantitative estimate of drug-likeness (QED) is 0.646. The van der Waals surface area contributed by atoms with E-state index in [0.717, 1.165) is 44.9 Å². The first-order valence-corrected chi connectivity index (χ1v) is 10.4. The standard InChI is InChI=1S/C22H32O4/c1-4-22-12-9-17-16-8-6-15(23)13-14(16)5-7-18(17)19(22)10-11-21(22,2)26-20(24)25-3/h13,16-19H,4-12H2,1-3H3/t16?,17?,18?,19?,21-,22-/m0/s1. The molecule has 4 aliphatic carbocycles. The molecule has 0 radical (unpaired) electrons. The predicted molar refractivity (Wildman–Crippen MR) is 98.6 cm³/mol. The Morgan fingerprint density at radius 3 is 2.69 bits per heavy atom. The van der Waals surface area contributed by atoms with E-state index in [1.165, 1.54) is 25.5 Å². The van der Waals surface area contributed by atoms with E-state index in [-0.39, 0.29) is 5.41 Å². The molecule has 0 spiro atoms. The van der Waals surface area contributed by atoms with Crippen molar-refractivity contribution in [2.24, 2.45) is 29.1 Å². The fourth-order valence-corrected chi connectivity index (χ4v) is 7.41. The van der Waals surface area contributed by atoms with Crippen LogP contribution >= 0.6 is 0 Å². The van der Waals surface area contributed by atoms with Crippen LogP contribution in [0.1, 0.15) is 71.6 Å². The summed E-state index contributed by atoms with van der Waals surface area (Å²) >= 11 is 0. The van der Waals surface area contributed by atoms with Gasteiger partial charge in [0.25, 0.3) is 0 Å². The van der Waals surface area contributed by atoms with Crippen LogP contribution in [0.5, 0.6) is 0 Å². The largest absolute Gasteiger partial charge is 0.508 e. The zero-order valence-corrected chi connectivity index (χ0v) is 16.4. The number of ether oxygens (including phenoxy) is 2. The van der Waals surface area contributed by atoms with Crippen molar-refractivity contribution in [3.8, 4) is 0 Å². The lowest BCUT2D eigenvalue weighted by Gasteiger charge is -2.56. The lowest BCUT2D eigenvalue weighted by atomic mass is 9.49. The van der Waals surface area contributed by atoms with Gasteiger partial charge in [-0.1, -0.05) is 12.5 Å². The van der Waals surface area contributed by atoms with Gasteiger partial charge in [-0.3, -0.25) is 4.79 Å². The van der Waals surface area contributed by atoms with Crippen molar-refractivity contribution in [2.45, 2.75) is 77.2 Å². The molecule has 6 atom stereocenters. The van der Waals surface area contributed by atoms with E-state index in [1.54, 1.807) is 0 Å². The number of hydrogen-bond acceptors (Lipinski definition) is 4. The van der Waals surface area contributed by atoms with Crippen molar-refractivity contribution in [2.75, 3.05) is 7.11 Å². The molecular weight excluding hydrogens is 328 g/mol. The summed E-state index contributed by atoms with van der Waals surface area (Å²) in [5.41, 5.74) is 1.09. The highest BCUT2D eigenvalue weighted by Crippen LogP contribution is 2.67. The van der Waals surface area contributed by atoms with Crippen molar-refractivity contribution < 1.29 is 19.1 Å². The molecule has 0 heterocycles. The molecule has 0 saturated heterocycles. The molecule has 4 aliphatic rings. The first-order valence-electron chi connectivity index (χ1n) is 10.4. The molecule has 4 rings (SSSR count). The van der Waals surface area contributed by atoms with Gasteiger partial charge < -0.3 is 9.47 Å². The van der Waals surface area contributed by atoms with Gasteiger partial charge in [0.2, 0.25) is 0 Å². The Morgan fingerprint density at radius 1 is 1.15 bits per heavy atom. The summed E-state index contributed by atoms with van der Waals surface area (Å²) in [5.74, 6) is 3.00. The van der Waals surface area contributed by atoms with Crippen LogP contribution in [0.2, 0.25) is 0 Å². The smallest absolute Gasteiger partial charge is 0.438 e. The Morgan fingerprint density at radius 2 is 1.96 bits per heavy atom. The monoisotopic (exact) mass is 360 g/mol. The van der Waals surface area contributed by atoms with Crippen LogP contribution in [0, 0.1) is 29.1 Å². The third-order valence-electron chi connectivity index (χ3n) is 8.60. The highest BCUT2D eigenvalue weighted by atomic mass is 16.7. The average Bonchev–Trinajstić information content (AvgIpc) is 2.94. The van der Waals surface area contributed by atoms with Gasteiger partial charge in [-0.15, -0.1) is 0 Å². The number of rotatable bonds is 2. The van der Waals surface area contributed by atoms with Crippen LogP contribution in [-0.2, 0) is 14.3 Å². The number of hydrogen-bond donors (Lipinski definition) is 0. The second-order valence-electron chi connectivity index (χ2n) is 9.18. The molecule has 4 heteroatoms. The highest BCUT2D eigenvalue weighted by Gasteiger charge is 2.64. The van der Waals surface area contributed by atoms with Gasteiger partial charge in [0, 0.05) is 11.8 Å². The zero-order valence-electron chi connectivity index (χ0n) is 16.4. The van der Waals surface area contributed by atoms with Gasteiger partial charge in [0.1, 0.15) is 5.60 Å². The van der Waals surface area contributed by atoms with Crippen LogP contribution < -0.4 is 0 Å². The van der Waals surface area contributed by atoms with Gasteiger partial charge in [-0.05, 0) is 88.0 Å². The van der Waals surface area contributed by atoms with E-state index in [2.05, 4.69) is 13.8 Å². The summed E-state index contributed by atoms with van der Waals surface area (Å²) in [6.45, 7) is 4.41. The van der Waals surface area contributed by atoms with Crippen LogP contribution in [0.3, 0.4) is 0 Å². The molecule has 0 aromatic rings. The van der Waals surface area contributed by atoms with Gasteiger partial charge in [0.05, 0.1) is 7.11 Å². The Labute approximate surface area is 156 Å². The van der Waals surface area contributed by atoms with Crippen molar-refractivity contribution in [3.05, 3.63) is 11.6 Å². The molecule has 144 valence electrons. The van der Waals surface area contributed by atoms with Gasteiger partial charge >= 0.3 is 6.16 Å². The Balaban J connectivity index is 1.62. The lowest BCUT2D eigenvalue weighted by Crippen LogP contribution is -2.54. The van der Waals surface area contributed by atoms with E-state index in [1.807, 2.05) is 6.08 Å². The van der Waals surface area contributed by atoms with Crippen LogP contribution in [0.25, 0.3) is 0 Å². The summed E-state index contributed by atoms with van der Waals surface area (Å²) in [6, 6.07) is 0. The number of ketones is 1. The number of allylic oxidation sites excluding steroid dienone is 1. The maximum atomic E-state index is 11.9. The SMILES string of the molecule is CC[C@]12CCC3C4CCC(=O)C=C4CCC3C1CC[C@]2(C)OC(=O)OC. The molecule has 0 aromatic heterocycles. The third-order valence-corrected chi connectivity index (χ3v) is 8.60. The predicted octanol–water partition coefficient (Wildman–Crippen LogP) is 5.06. The first kappa shape index (κ1) is 18.1. The van der Waals surface area contributed by atoms with Crippen LogP contribution in [-0.4, -0.2) is 24.6 Å². The second kappa shape index (κ2) is 6.38. The fourth-order valence-electron chi connectivity index (χ4n) is 7.41. The van der Waals surface area contributed by atoms with E-state index < -0.39 is 11.8 Å². The van der Waals surface area contributed by atoms with Crippen molar-refractivity contribution >= 4 is 11.9 Å². The second-order valence-corrected chi connectivity index (χ2v) is 9.18. The molecule has 3 fully saturated rings. The minimum atomic E-state index is -0.539. The van der Waals surface area contributed by atoms with E-state index in [0.29, 0.717) is 29.5 Å². The zero-order chi connectivity index (χ0) is 18.5. The topological polar surface area (TPSA) is 52.6 Å². The Hall–Kier alpha value is -1.32. The van der Waals surface area contributed by atoms with E-state index in [9.17, 15) is 9.59 Å². The lowest BCUT2D eigenvalue weighted by molar-refractivity contribution is -0.134. The van der Waals surface area contributed by atoms with Crippen LogP contribution in [0.4, 0.5) is 4.79 Å². The summed E-state index contributed by atoms with van der Waals surface area (Å²) < 4.78 is 10.7. The van der Waals surface area contributed by atoms with E-state index in [4.69, 9.17) is 9.47 Å². The maximum absolute atomic E-state index is 11.9. The molecule has 4 nitrogen and oxygen atoms in total. The van der Waals surface area contributed by atoms with Crippen molar-refractivity contribution in [1.82, 2.24) is 0 Å². The third kappa shape index (κ3) is 2.47. The minimum absolute atomic E-state index is 0.0774. The average molecular weight is 360 g/mol. The number of carbonyl (C=O) groups is 2. The van der Waals surface area contributed by atoms with Crippen LogP contribution in [0.15, 0.2) is 11.6 Å². The van der Waals surface area contributed by atoms with E-state index >= 15 is 0 Å². The molecule has 3 saturated carbocycles. The number of fused-ring (bicyclic) bond motifs is 5. The van der Waals surface area contributed by atoms with Crippen molar-refractivity contribution in [3.63, 3.8) is 0 Å². The van der Waals surface area contributed by atoms with Gasteiger partial charge in [0.15, 0.2) is 5.78 Å².